The molecule has 20 heavy (non-hydrogen) atoms. The molecule has 0 aliphatic carbocycles. The number of benzene rings is 1. The molecule has 0 fully saturated rings. The van der Waals surface area contributed by atoms with Crippen molar-refractivity contribution in [3.63, 3.8) is 0 Å². The molecule has 1 aromatic heterocycles. The zero-order valence-electron chi connectivity index (χ0n) is 10.5. The Bertz CT molecular complexity index is 662. The van der Waals surface area contributed by atoms with Crippen molar-refractivity contribution in [1.29, 1.82) is 0 Å². The zero-order chi connectivity index (χ0) is 14.5. The lowest BCUT2D eigenvalue weighted by Crippen LogP contribution is -2.39. The largest absolute Gasteiger partial charge is 0.480 e. The van der Waals surface area contributed by atoms with Gasteiger partial charge in [-0.15, -0.1) is 0 Å². The Hall–Kier alpha value is -2.83. The molecular formula is C13H13N3O4. The maximum absolute atomic E-state index is 12.0. The van der Waals surface area contributed by atoms with Crippen LogP contribution in [0.2, 0.25) is 0 Å². The molecule has 7 heteroatoms. The first-order chi connectivity index (χ1) is 9.58. The zero-order valence-corrected chi connectivity index (χ0v) is 10.5. The lowest BCUT2D eigenvalue weighted by atomic mass is 10.1. The highest BCUT2D eigenvalue weighted by atomic mass is 16.4. The van der Waals surface area contributed by atoms with E-state index in [-0.39, 0.29) is 6.54 Å². The van der Waals surface area contributed by atoms with Crippen LogP contribution in [0.4, 0.5) is 0 Å². The Morgan fingerprint density at radius 1 is 1.10 bits per heavy atom. The minimum Gasteiger partial charge on any atom is -0.480 e. The molecule has 2 amide bonds. The highest BCUT2D eigenvalue weighted by Gasteiger charge is 2.12. The van der Waals surface area contributed by atoms with Gasteiger partial charge in [0.25, 0.3) is 5.91 Å². The number of para-hydroxylation sites is 1. The van der Waals surface area contributed by atoms with Crippen molar-refractivity contribution in [3.05, 3.63) is 36.0 Å². The first kappa shape index (κ1) is 13.6. The van der Waals surface area contributed by atoms with Gasteiger partial charge in [-0.1, -0.05) is 12.1 Å². The summed E-state index contributed by atoms with van der Waals surface area (Å²) >= 11 is 0. The maximum atomic E-state index is 12.0. The van der Waals surface area contributed by atoms with E-state index in [1.807, 2.05) is 12.1 Å². The third-order valence-corrected chi connectivity index (χ3v) is 2.68. The number of hydrogen-bond donors (Lipinski definition) is 4. The minimum atomic E-state index is -1.14. The van der Waals surface area contributed by atoms with Gasteiger partial charge in [-0.05, 0) is 12.1 Å². The first-order valence-corrected chi connectivity index (χ1v) is 5.90. The molecule has 0 unspecified atom stereocenters. The van der Waals surface area contributed by atoms with Crippen LogP contribution in [0.15, 0.2) is 30.5 Å². The second kappa shape index (κ2) is 5.87. The third-order valence-electron chi connectivity index (χ3n) is 2.68. The summed E-state index contributed by atoms with van der Waals surface area (Å²) in [7, 11) is 0. The van der Waals surface area contributed by atoms with Crippen LogP contribution < -0.4 is 10.6 Å². The fraction of sp³-hybridized carbons (Fsp3) is 0.154. The van der Waals surface area contributed by atoms with Crippen LogP contribution in [0.1, 0.15) is 10.4 Å². The van der Waals surface area contributed by atoms with Crippen molar-refractivity contribution in [2.24, 2.45) is 0 Å². The quantitative estimate of drug-likeness (QED) is 0.620. The SMILES string of the molecule is O=C(O)CNC(=O)CNC(=O)c1cccc2cc[nH]c12. The van der Waals surface area contributed by atoms with E-state index in [4.69, 9.17) is 5.11 Å². The summed E-state index contributed by atoms with van der Waals surface area (Å²) in [6.07, 6.45) is 1.72. The number of nitrogens with one attached hydrogen (secondary N) is 3. The van der Waals surface area contributed by atoms with Gasteiger partial charge < -0.3 is 20.7 Å². The van der Waals surface area contributed by atoms with Gasteiger partial charge >= 0.3 is 5.97 Å². The topological polar surface area (TPSA) is 111 Å². The van der Waals surface area contributed by atoms with Gasteiger partial charge in [0, 0.05) is 11.6 Å². The molecule has 7 nitrogen and oxygen atoms in total. The number of amides is 2. The van der Waals surface area contributed by atoms with Crippen LogP contribution in [-0.4, -0.2) is 41.0 Å². The minimum absolute atomic E-state index is 0.275. The molecule has 1 heterocycles. The summed E-state index contributed by atoms with van der Waals surface area (Å²) in [5.41, 5.74) is 1.12. The van der Waals surface area contributed by atoms with Crippen molar-refractivity contribution in [2.75, 3.05) is 13.1 Å². The van der Waals surface area contributed by atoms with E-state index in [1.165, 1.54) is 0 Å². The van der Waals surface area contributed by atoms with Gasteiger partial charge in [-0.3, -0.25) is 14.4 Å². The predicted octanol–water partition coefficient (Wildman–Crippen LogP) is 0.0985. The number of hydrogen-bond acceptors (Lipinski definition) is 3. The highest BCUT2D eigenvalue weighted by molar-refractivity contribution is 6.06. The molecule has 1 aromatic carbocycles. The number of carbonyl (C=O) groups excluding carboxylic acids is 2. The molecule has 0 bridgehead atoms. The smallest absolute Gasteiger partial charge is 0.322 e. The normalized spacial score (nSPS) is 10.2. The number of carboxylic acid groups (broad SMARTS) is 1. The van der Waals surface area contributed by atoms with E-state index in [0.717, 1.165) is 5.39 Å². The van der Waals surface area contributed by atoms with Crippen LogP contribution in [0.25, 0.3) is 10.9 Å². The molecule has 0 atom stereocenters. The molecule has 104 valence electrons. The Labute approximate surface area is 114 Å². The number of aliphatic carboxylic acids is 1. The van der Waals surface area contributed by atoms with Crippen molar-refractivity contribution in [3.8, 4) is 0 Å². The van der Waals surface area contributed by atoms with E-state index >= 15 is 0 Å². The van der Waals surface area contributed by atoms with E-state index < -0.39 is 24.3 Å². The number of carboxylic acids is 1. The van der Waals surface area contributed by atoms with Crippen molar-refractivity contribution in [1.82, 2.24) is 15.6 Å². The molecule has 0 aliphatic heterocycles. The average Bonchev–Trinajstić information content (AvgIpc) is 2.90. The summed E-state index contributed by atoms with van der Waals surface area (Å²) in [5, 5.41) is 13.9. The maximum Gasteiger partial charge on any atom is 0.322 e. The Morgan fingerprint density at radius 3 is 2.65 bits per heavy atom. The number of aromatic nitrogens is 1. The molecule has 0 saturated heterocycles. The molecule has 4 N–H and O–H groups in total. The van der Waals surface area contributed by atoms with Gasteiger partial charge in [0.15, 0.2) is 0 Å². The fourth-order valence-corrected chi connectivity index (χ4v) is 1.77. The lowest BCUT2D eigenvalue weighted by Gasteiger charge is -2.06. The second-order valence-corrected chi connectivity index (χ2v) is 4.10. The summed E-state index contributed by atoms with van der Waals surface area (Å²) in [5.74, 6) is -2.09. The van der Waals surface area contributed by atoms with E-state index in [1.54, 1.807) is 18.3 Å². The van der Waals surface area contributed by atoms with Gasteiger partial charge in [0.1, 0.15) is 6.54 Å². The number of rotatable bonds is 5. The van der Waals surface area contributed by atoms with E-state index in [9.17, 15) is 14.4 Å². The van der Waals surface area contributed by atoms with Gasteiger partial charge in [-0.25, -0.2) is 0 Å². The van der Waals surface area contributed by atoms with Crippen LogP contribution >= 0.6 is 0 Å². The van der Waals surface area contributed by atoms with Crippen molar-refractivity contribution in [2.45, 2.75) is 0 Å². The highest BCUT2D eigenvalue weighted by Crippen LogP contribution is 2.16. The van der Waals surface area contributed by atoms with Gasteiger partial charge in [0.05, 0.1) is 17.6 Å². The number of fused-ring (bicyclic) bond motifs is 1. The van der Waals surface area contributed by atoms with Crippen LogP contribution in [0.3, 0.4) is 0 Å². The predicted molar refractivity (Wildman–Crippen MR) is 71.3 cm³/mol. The van der Waals surface area contributed by atoms with Crippen LogP contribution in [0, 0.1) is 0 Å². The van der Waals surface area contributed by atoms with Crippen molar-refractivity contribution >= 4 is 28.7 Å². The Kier molecular flexibility index (Phi) is 3.99. The van der Waals surface area contributed by atoms with Gasteiger partial charge in [0.2, 0.25) is 5.91 Å². The van der Waals surface area contributed by atoms with E-state index in [0.29, 0.717) is 11.1 Å². The van der Waals surface area contributed by atoms with Crippen LogP contribution in [0.5, 0.6) is 0 Å². The van der Waals surface area contributed by atoms with Crippen LogP contribution in [-0.2, 0) is 9.59 Å². The molecule has 0 saturated carbocycles. The number of carbonyl (C=O) groups is 3. The lowest BCUT2D eigenvalue weighted by molar-refractivity contribution is -0.137. The fourth-order valence-electron chi connectivity index (χ4n) is 1.77. The summed E-state index contributed by atoms with van der Waals surface area (Å²) in [6, 6.07) is 7.09. The van der Waals surface area contributed by atoms with Gasteiger partial charge in [-0.2, -0.15) is 0 Å². The second-order valence-electron chi connectivity index (χ2n) is 4.10. The Morgan fingerprint density at radius 2 is 1.90 bits per heavy atom. The molecule has 2 rings (SSSR count). The van der Waals surface area contributed by atoms with E-state index in [2.05, 4.69) is 15.6 Å². The summed E-state index contributed by atoms with van der Waals surface area (Å²) in [6.45, 7) is -0.746. The summed E-state index contributed by atoms with van der Waals surface area (Å²) in [4.78, 5) is 36.5. The Balaban J connectivity index is 1.97. The molecule has 0 spiro atoms. The number of H-pyrrole nitrogens is 1. The number of aromatic amines is 1. The molecular weight excluding hydrogens is 262 g/mol. The molecule has 0 aliphatic rings. The molecule has 0 radical (unpaired) electrons. The average molecular weight is 275 g/mol. The standard InChI is InChI=1S/C13H13N3O4/c17-10(15-7-11(18)19)6-16-13(20)9-3-1-2-8-4-5-14-12(8)9/h1-5,14H,6-7H2,(H,15,17)(H,16,20)(H,18,19). The monoisotopic (exact) mass is 275 g/mol. The first-order valence-electron chi connectivity index (χ1n) is 5.90. The van der Waals surface area contributed by atoms with Crippen molar-refractivity contribution < 1.29 is 19.5 Å². The third kappa shape index (κ3) is 3.14. The molecule has 2 aromatic rings. The summed E-state index contributed by atoms with van der Waals surface area (Å²) < 4.78 is 0.